The molecule has 94 valence electrons. The molecule has 0 saturated heterocycles. The van der Waals surface area contributed by atoms with Crippen molar-refractivity contribution in [3.63, 3.8) is 0 Å². The van der Waals surface area contributed by atoms with Crippen LogP contribution in [0.4, 0.5) is 5.69 Å². The van der Waals surface area contributed by atoms with Gasteiger partial charge in [0.15, 0.2) is 0 Å². The second-order valence-corrected chi connectivity index (χ2v) is 4.12. The van der Waals surface area contributed by atoms with Crippen molar-refractivity contribution in [2.24, 2.45) is 5.73 Å². The zero-order chi connectivity index (χ0) is 12.8. The van der Waals surface area contributed by atoms with Crippen LogP contribution in [0.15, 0.2) is 18.2 Å². The number of rotatable bonds is 5. The Labute approximate surface area is 104 Å². The average molecular weight is 234 g/mol. The van der Waals surface area contributed by atoms with Gasteiger partial charge < -0.3 is 10.6 Å². The molecule has 0 bridgehead atoms. The van der Waals surface area contributed by atoms with Crippen molar-refractivity contribution < 1.29 is 4.79 Å². The maximum Gasteiger partial charge on any atom is 0.228 e. The zero-order valence-corrected chi connectivity index (χ0v) is 11.0. The second kappa shape index (κ2) is 6.40. The first-order valence-corrected chi connectivity index (χ1v) is 6.23. The van der Waals surface area contributed by atoms with Gasteiger partial charge in [-0.15, -0.1) is 0 Å². The number of benzene rings is 1. The molecule has 1 aromatic carbocycles. The van der Waals surface area contributed by atoms with E-state index in [1.807, 2.05) is 7.05 Å². The van der Waals surface area contributed by atoms with Gasteiger partial charge in [-0.3, -0.25) is 4.79 Å². The van der Waals surface area contributed by atoms with Crippen LogP contribution in [0.25, 0.3) is 0 Å². The summed E-state index contributed by atoms with van der Waals surface area (Å²) in [5, 5.41) is 0. The van der Waals surface area contributed by atoms with Gasteiger partial charge in [0.25, 0.3) is 0 Å². The minimum atomic E-state index is 0.0862. The number of anilines is 1. The summed E-state index contributed by atoms with van der Waals surface area (Å²) in [6.45, 7) is 4.62. The fourth-order valence-corrected chi connectivity index (χ4v) is 2.06. The molecule has 0 aliphatic heterocycles. The lowest BCUT2D eigenvalue weighted by molar-refractivity contribution is -0.118. The minimum Gasteiger partial charge on any atom is -0.330 e. The molecule has 0 aliphatic rings. The molecule has 0 atom stereocenters. The molecule has 17 heavy (non-hydrogen) atoms. The second-order valence-electron chi connectivity index (χ2n) is 4.12. The third-order valence-corrected chi connectivity index (χ3v) is 3.03. The highest BCUT2D eigenvalue weighted by Gasteiger charge is 2.15. The Morgan fingerprint density at radius 1 is 1.24 bits per heavy atom. The van der Waals surface area contributed by atoms with Crippen LogP contribution in [0, 0.1) is 0 Å². The van der Waals surface area contributed by atoms with E-state index < -0.39 is 0 Å². The van der Waals surface area contributed by atoms with E-state index in [4.69, 9.17) is 5.73 Å². The predicted octanol–water partition coefficient (Wildman–Crippen LogP) is 2.12. The van der Waals surface area contributed by atoms with Gasteiger partial charge in [-0.25, -0.2) is 0 Å². The van der Waals surface area contributed by atoms with Gasteiger partial charge in [0.05, 0.1) is 0 Å². The first-order valence-electron chi connectivity index (χ1n) is 6.23. The number of carbonyl (C=O) groups excluding carboxylic acids is 1. The average Bonchev–Trinajstić information content (AvgIpc) is 2.37. The molecule has 3 nitrogen and oxygen atoms in total. The summed E-state index contributed by atoms with van der Waals surface area (Å²) in [7, 11) is 1.84. The van der Waals surface area contributed by atoms with Gasteiger partial charge in [-0.05, 0) is 24.0 Å². The Morgan fingerprint density at radius 2 is 1.76 bits per heavy atom. The van der Waals surface area contributed by atoms with Crippen LogP contribution in [-0.2, 0) is 17.6 Å². The molecule has 1 aromatic rings. The molecule has 0 radical (unpaired) electrons. The minimum absolute atomic E-state index is 0.0862. The highest BCUT2D eigenvalue weighted by atomic mass is 16.2. The van der Waals surface area contributed by atoms with Crippen LogP contribution >= 0.6 is 0 Å². The van der Waals surface area contributed by atoms with E-state index in [-0.39, 0.29) is 5.91 Å². The van der Waals surface area contributed by atoms with Gasteiger partial charge in [0.1, 0.15) is 0 Å². The molecule has 0 unspecified atom stereocenters. The van der Waals surface area contributed by atoms with Crippen LogP contribution < -0.4 is 10.6 Å². The van der Waals surface area contributed by atoms with Crippen molar-refractivity contribution in [3.8, 4) is 0 Å². The summed E-state index contributed by atoms with van der Waals surface area (Å²) in [4.78, 5) is 13.7. The SMILES string of the molecule is CCc1cccc(CC)c1N(C)C(=O)CCN. The van der Waals surface area contributed by atoms with E-state index in [0.717, 1.165) is 18.5 Å². The van der Waals surface area contributed by atoms with Gasteiger partial charge in [-0.2, -0.15) is 0 Å². The zero-order valence-electron chi connectivity index (χ0n) is 11.0. The van der Waals surface area contributed by atoms with Crippen LogP contribution in [-0.4, -0.2) is 19.5 Å². The summed E-state index contributed by atoms with van der Waals surface area (Å²) in [5.41, 5.74) is 8.94. The number of para-hydroxylation sites is 1. The Hall–Kier alpha value is -1.35. The van der Waals surface area contributed by atoms with Crippen molar-refractivity contribution >= 4 is 11.6 Å². The van der Waals surface area contributed by atoms with Crippen molar-refractivity contribution in [1.29, 1.82) is 0 Å². The highest BCUT2D eigenvalue weighted by molar-refractivity contribution is 5.94. The van der Waals surface area contributed by atoms with E-state index >= 15 is 0 Å². The predicted molar refractivity (Wildman–Crippen MR) is 72.3 cm³/mol. The summed E-state index contributed by atoms with van der Waals surface area (Å²) in [5.74, 6) is 0.0862. The van der Waals surface area contributed by atoms with Crippen molar-refractivity contribution in [2.45, 2.75) is 33.1 Å². The quantitative estimate of drug-likeness (QED) is 0.848. The molecule has 1 amide bonds. The molecule has 1 rings (SSSR count). The molecule has 2 N–H and O–H groups in total. The highest BCUT2D eigenvalue weighted by Crippen LogP contribution is 2.26. The number of hydrogen-bond donors (Lipinski definition) is 1. The van der Waals surface area contributed by atoms with Crippen LogP contribution in [0.5, 0.6) is 0 Å². The Bertz CT molecular complexity index is 366. The topological polar surface area (TPSA) is 46.3 Å². The van der Waals surface area contributed by atoms with Crippen molar-refractivity contribution in [3.05, 3.63) is 29.3 Å². The summed E-state index contributed by atoms with van der Waals surface area (Å²) < 4.78 is 0. The Morgan fingerprint density at radius 3 is 2.18 bits per heavy atom. The Balaban J connectivity index is 3.13. The fraction of sp³-hybridized carbons (Fsp3) is 0.500. The third-order valence-electron chi connectivity index (χ3n) is 3.03. The maximum atomic E-state index is 11.9. The molecule has 3 heteroatoms. The molecule has 0 spiro atoms. The molecule has 0 heterocycles. The van der Waals surface area contributed by atoms with E-state index in [2.05, 4.69) is 32.0 Å². The van der Waals surface area contributed by atoms with Gasteiger partial charge >= 0.3 is 0 Å². The van der Waals surface area contributed by atoms with Crippen LogP contribution in [0.2, 0.25) is 0 Å². The largest absolute Gasteiger partial charge is 0.330 e. The Kier molecular flexibility index (Phi) is 5.16. The molecular weight excluding hydrogens is 212 g/mol. The van der Waals surface area contributed by atoms with Gasteiger partial charge in [-0.1, -0.05) is 32.0 Å². The van der Waals surface area contributed by atoms with E-state index in [0.29, 0.717) is 13.0 Å². The summed E-state index contributed by atoms with van der Waals surface area (Å²) in [6.07, 6.45) is 2.27. The standard InChI is InChI=1S/C14H22N2O/c1-4-11-7-6-8-12(5-2)14(11)16(3)13(17)9-10-15/h6-8H,4-5,9-10,15H2,1-3H3. The van der Waals surface area contributed by atoms with Crippen molar-refractivity contribution in [1.82, 2.24) is 0 Å². The number of aryl methyl sites for hydroxylation is 2. The number of nitrogens with zero attached hydrogens (tertiary/aromatic N) is 1. The number of carbonyl (C=O) groups is 1. The summed E-state index contributed by atoms with van der Waals surface area (Å²) >= 11 is 0. The normalized spacial score (nSPS) is 10.4. The lowest BCUT2D eigenvalue weighted by Crippen LogP contribution is -2.29. The number of amides is 1. The smallest absolute Gasteiger partial charge is 0.228 e. The van der Waals surface area contributed by atoms with Gasteiger partial charge in [0, 0.05) is 25.7 Å². The molecule has 0 saturated carbocycles. The first kappa shape index (κ1) is 13.7. The van der Waals surface area contributed by atoms with Crippen LogP contribution in [0.1, 0.15) is 31.4 Å². The van der Waals surface area contributed by atoms with E-state index in [9.17, 15) is 4.79 Å². The fourth-order valence-electron chi connectivity index (χ4n) is 2.06. The lowest BCUT2D eigenvalue weighted by atomic mass is 10.0. The van der Waals surface area contributed by atoms with E-state index in [1.165, 1.54) is 11.1 Å². The molecule has 0 aromatic heterocycles. The van der Waals surface area contributed by atoms with Gasteiger partial charge in [0.2, 0.25) is 5.91 Å². The maximum absolute atomic E-state index is 11.9. The molecule has 0 aliphatic carbocycles. The summed E-state index contributed by atoms with van der Waals surface area (Å²) in [6, 6.07) is 6.23. The monoisotopic (exact) mass is 234 g/mol. The third kappa shape index (κ3) is 3.07. The van der Waals surface area contributed by atoms with Crippen molar-refractivity contribution in [2.75, 3.05) is 18.5 Å². The first-order chi connectivity index (χ1) is 8.15. The molecule has 0 fully saturated rings. The number of hydrogen-bond acceptors (Lipinski definition) is 2. The molecular formula is C14H22N2O. The lowest BCUT2D eigenvalue weighted by Gasteiger charge is -2.23. The van der Waals surface area contributed by atoms with E-state index in [1.54, 1.807) is 4.90 Å². The van der Waals surface area contributed by atoms with Crippen LogP contribution in [0.3, 0.4) is 0 Å². The number of nitrogens with two attached hydrogens (primary N) is 1.